The number of rotatable bonds is 6. The molecule has 1 aliphatic heterocycles. The number of thiophene rings is 1. The van der Waals surface area contributed by atoms with Gasteiger partial charge in [-0.05, 0) is 25.0 Å². The van der Waals surface area contributed by atoms with Crippen molar-refractivity contribution in [2.75, 3.05) is 44.9 Å². The zero-order valence-corrected chi connectivity index (χ0v) is 17.2. The van der Waals surface area contributed by atoms with E-state index in [2.05, 4.69) is 27.2 Å². The maximum atomic E-state index is 5.56. The number of nitrogens with one attached hydrogen (secondary N) is 1. The SMILES string of the molecule is COCCCc1cc2nc(-c3cccc4[nH]ncc34)nc(N3CCOCC3)c2s1. The van der Waals surface area contributed by atoms with Crippen LogP contribution < -0.4 is 4.90 Å². The predicted octanol–water partition coefficient (Wildman–Crippen LogP) is 3.65. The number of anilines is 1. The van der Waals surface area contributed by atoms with E-state index in [4.69, 9.17) is 19.4 Å². The Kier molecular flexibility index (Phi) is 5.13. The molecule has 1 aliphatic rings. The Bertz CT molecular complexity index is 1130. The Morgan fingerprint density at radius 1 is 1.24 bits per heavy atom. The average Bonchev–Trinajstić information content (AvgIpc) is 3.40. The van der Waals surface area contributed by atoms with Crippen molar-refractivity contribution in [3.8, 4) is 11.4 Å². The molecular formula is C21H23N5O2S. The summed E-state index contributed by atoms with van der Waals surface area (Å²) in [5, 5.41) is 8.26. The Hall–Kier alpha value is -2.55. The Labute approximate surface area is 172 Å². The fourth-order valence-electron chi connectivity index (χ4n) is 3.75. The minimum atomic E-state index is 0.726. The number of H-pyrrole nitrogens is 1. The summed E-state index contributed by atoms with van der Waals surface area (Å²) >= 11 is 1.80. The molecule has 5 rings (SSSR count). The van der Waals surface area contributed by atoms with Gasteiger partial charge in [-0.3, -0.25) is 5.10 Å². The second kappa shape index (κ2) is 8.06. The van der Waals surface area contributed by atoms with Crippen molar-refractivity contribution >= 4 is 38.3 Å². The topological polar surface area (TPSA) is 76.2 Å². The number of aryl methyl sites for hydroxylation is 1. The van der Waals surface area contributed by atoms with Crippen molar-refractivity contribution in [1.29, 1.82) is 0 Å². The molecule has 3 aromatic heterocycles. The van der Waals surface area contributed by atoms with Crippen LogP contribution in [0.25, 0.3) is 32.5 Å². The van der Waals surface area contributed by atoms with Gasteiger partial charge in [0.25, 0.3) is 0 Å². The molecule has 1 aromatic carbocycles. The number of aromatic nitrogens is 4. The quantitative estimate of drug-likeness (QED) is 0.490. The molecule has 0 saturated carbocycles. The van der Waals surface area contributed by atoms with Gasteiger partial charge in [0.1, 0.15) is 0 Å². The van der Waals surface area contributed by atoms with Gasteiger partial charge in [0.15, 0.2) is 11.6 Å². The van der Waals surface area contributed by atoms with Crippen LogP contribution >= 0.6 is 11.3 Å². The van der Waals surface area contributed by atoms with Gasteiger partial charge in [0, 0.05) is 42.6 Å². The minimum absolute atomic E-state index is 0.726. The number of nitrogens with zero attached hydrogens (tertiary/aromatic N) is 4. The lowest BCUT2D eigenvalue weighted by molar-refractivity contribution is 0.122. The van der Waals surface area contributed by atoms with Crippen LogP contribution in [0, 0.1) is 0 Å². The first-order chi connectivity index (χ1) is 14.3. The molecule has 0 unspecified atom stereocenters. The van der Waals surface area contributed by atoms with Crippen LogP contribution in [0.1, 0.15) is 11.3 Å². The zero-order chi connectivity index (χ0) is 19.6. The fourth-order valence-corrected chi connectivity index (χ4v) is 4.91. The molecule has 150 valence electrons. The maximum Gasteiger partial charge on any atom is 0.162 e. The van der Waals surface area contributed by atoms with Crippen LogP contribution in [-0.2, 0) is 15.9 Å². The maximum absolute atomic E-state index is 5.56. The zero-order valence-electron chi connectivity index (χ0n) is 16.4. The Morgan fingerprint density at radius 3 is 3.00 bits per heavy atom. The van der Waals surface area contributed by atoms with Crippen molar-refractivity contribution in [2.24, 2.45) is 0 Å². The Morgan fingerprint density at radius 2 is 2.14 bits per heavy atom. The number of benzene rings is 1. The van der Waals surface area contributed by atoms with E-state index in [1.807, 2.05) is 18.3 Å². The van der Waals surface area contributed by atoms with Crippen LogP contribution in [0.2, 0.25) is 0 Å². The summed E-state index contributed by atoms with van der Waals surface area (Å²) in [5.41, 5.74) is 3.00. The summed E-state index contributed by atoms with van der Waals surface area (Å²) in [6.07, 6.45) is 3.84. The highest BCUT2D eigenvalue weighted by Crippen LogP contribution is 2.36. The highest BCUT2D eigenvalue weighted by Gasteiger charge is 2.21. The highest BCUT2D eigenvalue weighted by atomic mass is 32.1. The van der Waals surface area contributed by atoms with E-state index in [0.29, 0.717) is 0 Å². The molecule has 7 nitrogen and oxygen atoms in total. The van der Waals surface area contributed by atoms with E-state index in [1.54, 1.807) is 18.4 Å². The van der Waals surface area contributed by atoms with Gasteiger partial charge in [-0.2, -0.15) is 5.10 Å². The molecular weight excluding hydrogens is 386 g/mol. The van der Waals surface area contributed by atoms with Crippen molar-refractivity contribution < 1.29 is 9.47 Å². The first-order valence-corrected chi connectivity index (χ1v) is 10.7. The molecule has 1 fully saturated rings. The third-order valence-corrected chi connectivity index (χ3v) is 6.39. The number of methoxy groups -OCH3 is 1. The second-order valence-electron chi connectivity index (χ2n) is 7.13. The lowest BCUT2D eigenvalue weighted by atomic mass is 10.1. The molecule has 1 N–H and O–H groups in total. The summed E-state index contributed by atoms with van der Waals surface area (Å²) in [7, 11) is 1.75. The van der Waals surface area contributed by atoms with E-state index < -0.39 is 0 Å². The molecule has 29 heavy (non-hydrogen) atoms. The van der Waals surface area contributed by atoms with E-state index in [9.17, 15) is 0 Å². The van der Waals surface area contributed by atoms with Gasteiger partial charge in [-0.1, -0.05) is 12.1 Å². The van der Waals surface area contributed by atoms with Gasteiger partial charge in [0.05, 0.1) is 35.1 Å². The van der Waals surface area contributed by atoms with Crippen LogP contribution in [0.4, 0.5) is 5.82 Å². The predicted molar refractivity (Wildman–Crippen MR) is 116 cm³/mol. The van der Waals surface area contributed by atoms with Crippen molar-refractivity contribution in [1.82, 2.24) is 20.2 Å². The van der Waals surface area contributed by atoms with Crippen LogP contribution in [0.15, 0.2) is 30.5 Å². The lowest BCUT2D eigenvalue weighted by Gasteiger charge is -2.28. The minimum Gasteiger partial charge on any atom is -0.385 e. The number of hydrogen-bond donors (Lipinski definition) is 1. The Balaban J connectivity index is 1.63. The summed E-state index contributed by atoms with van der Waals surface area (Å²) in [5.74, 6) is 1.75. The molecule has 0 amide bonds. The van der Waals surface area contributed by atoms with Crippen molar-refractivity contribution in [3.63, 3.8) is 0 Å². The summed E-state index contributed by atoms with van der Waals surface area (Å²) in [6, 6.07) is 8.31. The largest absolute Gasteiger partial charge is 0.385 e. The first-order valence-electron chi connectivity index (χ1n) is 9.88. The summed E-state index contributed by atoms with van der Waals surface area (Å²) < 4.78 is 11.9. The third kappa shape index (κ3) is 3.59. The van der Waals surface area contributed by atoms with Gasteiger partial charge >= 0.3 is 0 Å². The van der Waals surface area contributed by atoms with E-state index >= 15 is 0 Å². The molecule has 4 aromatic rings. The molecule has 8 heteroatoms. The van der Waals surface area contributed by atoms with Crippen LogP contribution in [0.5, 0.6) is 0 Å². The molecule has 0 radical (unpaired) electrons. The molecule has 0 bridgehead atoms. The highest BCUT2D eigenvalue weighted by molar-refractivity contribution is 7.19. The van der Waals surface area contributed by atoms with Crippen LogP contribution in [0.3, 0.4) is 0 Å². The summed E-state index contributed by atoms with van der Waals surface area (Å²) in [4.78, 5) is 13.6. The molecule has 0 spiro atoms. The second-order valence-corrected chi connectivity index (χ2v) is 8.27. The molecule has 0 atom stereocenters. The van der Waals surface area contributed by atoms with E-state index in [1.165, 1.54) is 4.88 Å². The number of aromatic amines is 1. The third-order valence-electron chi connectivity index (χ3n) is 5.21. The number of fused-ring (bicyclic) bond motifs is 2. The number of ether oxygens (including phenoxy) is 2. The van der Waals surface area contributed by atoms with E-state index in [0.717, 1.165) is 84.1 Å². The van der Waals surface area contributed by atoms with Crippen molar-refractivity contribution in [2.45, 2.75) is 12.8 Å². The average molecular weight is 410 g/mol. The van der Waals surface area contributed by atoms with Crippen LogP contribution in [-0.4, -0.2) is 60.2 Å². The molecule has 0 aliphatic carbocycles. The van der Waals surface area contributed by atoms with Gasteiger partial charge in [-0.25, -0.2) is 9.97 Å². The molecule has 4 heterocycles. The normalized spacial score (nSPS) is 14.9. The number of hydrogen-bond acceptors (Lipinski definition) is 7. The van der Waals surface area contributed by atoms with Gasteiger partial charge < -0.3 is 14.4 Å². The monoisotopic (exact) mass is 409 g/mol. The lowest BCUT2D eigenvalue weighted by Crippen LogP contribution is -2.36. The smallest absolute Gasteiger partial charge is 0.162 e. The summed E-state index contributed by atoms with van der Waals surface area (Å²) in [6.45, 7) is 3.91. The standard InChI is InChI=1S/C21H23N5O2S/c1-27-9-3-4-14-12-18-19(29-14)21(26-7-10-28-11-8-26)24-20(23-18)15-5-2-6-17-16(15)13-22-25-17/h2,5-6,12-13H,3-4,7-11H2,1H3,(H,22,25). The number of morpholine rings is 1. The van der Waals surface area contributed by atoms with Gasteiger partial charge in [0.2, 0.25) is 0 Å². The van der Waals surface area contributed by atoms with Gasteiger partial charge in [-0.15, -0.1) is 11.3 Å². The fraction of sp³-hybridized carbons (Fsp3) is 0.381. The molecule has 1 saturated heterocycles. The van der Waals surface area contributed by atoms with E-state index in [-0.39, 0.29) is 0 Å². The first kappa shape index (κ1) is 18.5. The van der Waals surface area contributed by atoms with Crippen molar-refractivity contribution in [3.05, 3.63) is 35.3 Å².